The molecule has 0 saturated carbocycles. The van der Waals surface area contributed by atoms with E-state index in [-0.39, 0.29) is 5.92 Å². The molecule has 0 spiro atoms. The van der Waals surface area contributed by atoms with Crippen LogP contribution in [0.5, 0.6) is 0 Å². The highest BCUT2D eigenvalue weighted by Gasteiger charge is 2.29. The second-order valence-electron chi connectivity index (χ2n) is 3.01. The minimum absolute atomic E-state index is 0.380. The second kappa shape index (κ2) is 2.09. The van der Waals surface area contributed by atoms with Crippen LogP contribution in [-0.2, 0) is 4.79 Å². The standard InChI is InChI=1S/C7H11NO2/c1-7(8)3-2-5(4-7)6(9)10/h2-3,5H,4,8H2,1H3,(H,9,10). The van der Waals surface area contributed by atoms with Crippen LogP contribution in [0.15, 0.2) is 12.2 Å². The molecule has 1 aliphatic rings. The van der Waals surface area contributed by atoms with Gasteiger partial charge in [0.1, 0.15) is 0 Å². The van der Waals surface area contributed by atoms with Gasteiger partial charge in [0, 0.05) is 5.54 Å². The summed E-state index contributed by atoms with van der Waals surface area (Å²) in [7, 11) is 0. The van der Waals surface area contributed by atoms with Crippen LogP contribution in [0.1, 0.15) is 13.3 Å². The van der Waals surface area contributed by atoms with Gasteiger partial charge in [0.2, 0.25) is 0 Å². The van der Waals surface area contributed by atoms with E-state index < -0.39 is 11.5 Å². The molecule has 0 aromatic rings. The van der Waals surface area contributed by atoms with Crippen LogP contribution in [0.3, 0.4) is 0 Å². The number of carbonyl (C=O) groups is 1. The molecular formula is C7H11NO2. The number of nitrogens with two attached hydrogens (primary N) is 1. The largest absolute Gasteiger partial charge is 0.481 e. The maximum Gasteiger partial charge on any atom is 0.310 e. The van der Waals surface area contributed by atoms with Gasteiger partial charge < -0.3 is 10.8 Å². The molecule has 0 amide bonds. The molecule has 2 atom stereocenters. The molecule has 3 N–H and O–H groups in total. The number of carboxylic acids is 1. The fourth-order valence-electron chi connectivity index (χ4n) is 1.12. The summed E-state index contributed by atoms with van der Waals surface area (Å²) < 4.78 is 0. The molecule has 0 heterocycles. The summed E-state index contributed by atoms with van der Waals surface area (Å²) in [4.78, 5) is 10.4. The molecule has 0 aromatic heterocycles. The van der Waals surface area contributed by atoms with E-state index in [2.05, 4.69) is 0 Å². The quantitative estimate of drug-likeness (QED) is 0.518. The van der Waals surface area contributed by atoms with Crippen molar-refractivity contribution in [3.63, 3.8) is 0 Å². The zero-order valence-corrected chi connectivity index (χ0v) is 5.87. The molecule has 0 saturated heterocycles. The SMILES string of the molecule is CC1(N)C=CC(C(=O)O)C1. The zero-order chi connectivity index (χ0) is 7.78. The number of hydrogen-bond acceptors (Lipinski definition) is 2. The van der Waals surface area contributed by atoms with Crippen LogP contribution in [0.2, 0.25) is 0 Å². The maximum absolute atomic E-state index is 10.4. The Morgan fingerprint density at radius 1 is 1.90 bits per heavy atom. The summed E-state index contributed by atoms with van der Waals surface area (Å²) in [6, 6.07) is 0. The van der Waals surface area contributed by atoms with E-state index >= 15 is 0 Å². The molecule has 0 aliphatic heterocycles. The second-order valence-corrected chi connectivity index (χ2v) is 3.01. The molecule has 1 rings (SSSR count). The first-order chi connectivity index (χ1) is 4.51. The molecule has 0 radical (unpaired) electrons. The van der Waals surface area contributed by atoms with Crippen molar-refractivity contribution in [1.82, 2.24) is 0 Å². The predicted molar refractivity (Wildman–Crippen MR) is 37.5 cm³/mol. The van der Waals surface area contributed by atoms with E-state index in [1.165, 1.54) is 0 Å². The van der Waals surface area contributed by atoms with Crippen molar-refractivity contribution in [2.45, 2.75) is 18.9 Å². The lowest BCUT2D eigenvalue weighted by Gasteiger charge is -2.14. The van der Waals surface area contributed by atoms with Gasteiger partial charge in [-0.1, -0.05) is 12.2 Å². The highest BCUT2D eigenvalue weighted by Crippen LogP contribution is 2.24. The summed E-state index contributed by atoms with van der Waals surface area (Å²) in [5.41, 5.74) is 5.24. The molecule has 56 valence electrons. The van der Waals surface area contributed by atoms with Crippen molar-refractivity contribution < 1.29 is 9.90 Å². The number of aliphatic carboxylic acids is 1. The van der Waals surface area contributed by atoms with Crippen molar-refractivity contribution in [3.8, 4) is 0 Å². The smallest absolute Gasteiger partial charge is 0.310 e. The summed E-state index contributed by atoms with van der Waals surface area (Å²) in [6.45, 7) is 1.83. The van der Waals surface area contributed by atoms with Crippen molar-refractivity contribution in [1.29, 1.82) is 0 Å². The van der Waals surface area contributed by atoms with E-state index in [4.69, 9.17) is 10.8 Å². The minimum Gasteiger partial charge on any atom is -0.481 e. The fourth-order valence-corrected chi connectivity index (χ4v) is 1.12. The zero-order valence-electron chi connectivity index (χ0n) is 5.87. The van der Waals surface area contributed by atoms with Crippen LogP contribution >= 0.6 is 0 Å². The van der Waals surface area contributed by atoms with Crippen LogP contribution in [0.4, 0.5) is 0 Å². The van der Waals surface area contributed by atoms with E-state index in [1.807, 2.05) is 6.92 Å². The Morgan fingerprint density at radius 2 is 2.50 bits per heavy atom. The monoisotopic (exact) mass is 141 g/mol. The molecule has 3 heteroatoms. The first kappa shape index (κ1) is 7.28. The molecule has 0 bridgehead atoms. The van der Waals surface area contributed by atoms with E-state index in [1.54, 1.807) is 12.2 Å². The molecule has 0 fully saturated rings. The van der Waals surface area contributed by atoms with Gasteiger partial charge in [-0.15, -0.1) is 0 Å². The van der Waals surface area contributed by atoms with Gasteiger partial charge in [0.05, 0.1) is 5.92 Å². The number of carboxylic acid groups (broad SMARTS) is 1. The Bertz CT molecular complexity index is 184. The average molecular weight is 141 g/mol. The number of hydrogen-bond donors (Lipinski definition) is 2. The third kappa shape index (κ3) is 1.36. The van der Waals surface area contributed by atoms with Crippen molar-refractivity contribution in [2.75, 3.05) is 0 Å². The van der Waals surface area contributed by atoms with Crippen LogP contribution in [0, 0.1) is 5.92 Å². The summed E-state index contributed by atoms with van der Waals surface area (Å²) in [5, 5.41) is 8.54. The van der Waals surface area contributed by atoms with Crippen LogP contribution in [-0.4, -0.2) is 16.6 Å². The Kier molecular flexibility index (Phi) is 1.52. The van der Waals surface area contributed by atoms with E-state index in [9.17, 15) is 4.79 Å². The third-order valence-electron chi connectivity index (χ3n) is 1.69. The summed E-state index contributed by atoms with van der Waals surface area (Å²) in [6.07, 6.45) is 3.93. The molecule has 10 heavy (non-hydrogen) atoms. The minimum atomic E-state index is -0.787. The Morgan fingerprint density at radius 3 is 2.70 bits per heavy atom. The normalized spacial score (nSPS) is 38.4. The van der Waals surface area contributed by atoms with Gasteiger partial charge in [-0.25, -0.2) is 0 Å². The highest BCUT2D eigenvalue weighted by molar-refractivity contribution is 5.73. The van der Waals surface area contributed by atoms with Crippen LogP contribution < -0.4 is 5.73 Å². The van der Waals surface area contributed by atoms with Crippen molar-refractivity contribution in [2.24, 2.45) is 11.7 Å². The molecule has 1 aliphatic carbocycles. The Hall–Kier alpha value is -0.830. The summed E-state index contributed by atoms with van der Waals surface area (Å²) >= 11 is 0. The van der Waals surface area contributed by atoms with Crippen molar-refractivity contribution >= 4 is 5.97 Å². The van der Waals surface area contributed by atoms with Gasteiger partial charge >= 0.3 is 5.97 Å². The van der Waals surface area contributed by atoms with Crippen LogP contribution in [0.25, 0.3) is 0 Å². The van der Waals surface area contributed by atoms with Gasteiger partial charge in [-0.05, 0) is 13.3 Å². The lowest BCUT2D eigenvalue weighted by atomic mass is 9.99. The van der Waals surface area contributed by atoms with Crippen molar-refractivity contribution in [3.05, 3.63) is 12.2 Å². The topological polar surface area (TPSA) is 63.3 Å². The fraction of sp³-hybridized carbons (Fsp3) is 0.571. The third-order valence-corrected chi connectivity index (χ3v) is 1.69. The average Bonchev–Trinajstić information content (AvgIpc) is 2.10. The Labute approximate surface area is 59.5 Å². The summed E-state index contributed by atoms with van der Waals surface area (Å²) in [5.74, 6) is -1.17. The van der Waals surface area contributed by atoms with Gasteiger partial charge in [-0.2, -0.15) is 0 Å². The molecule has 2 unspecified atom stereocenters. The first-order valence-electron chi connectivity index (χ1n) is 3.22. The molecule has 0 aromatic carbocycles. The van der Waals surface area contributed by atoms with Gasteiger partial charge in [-0.3, -0.25) is 4.79 Å². The lowest BCUT2D eigenvalue weighted by Crippen LogP contribution is -2.32. The highest BCUT2D eigenvalue weighted by atomic mass is 16.4. The first-order valence-corrected chi connectivity index (χ1v) is 3.22. The maximum atomic E-state index is 10.4. The number of rotatable bonds is 1. The van der Waals surface area contributed by atoms with Gasteiger partial charge in [0.15, 0.2) is 0 Å². The molecule has 3 nitrogen and oxygen atoms in total. The van der Waals surface area contributed by atoms with Gasteiger partial charge in [0.25, 0.3) is 0 Å². The predicted octanol–water partition coefficient (Wildman–Crippen LogP) is 0.364. The Balaban J connectivity index is 2.62. The van der Waals surface area contributed by atoms with E-state index in [0.717, 1.165) is 0 Å². The molecular weight excluding hydrogens is 130 g/mol. The lowest BCUT2D eigenvalue weighted by molar-refractivity contribution is -0.140. The van der Waals surface area contributed by atoms with E-state index in [0.29, 0.717) is 6.42 Å².